The Morgan fingerprint density at radius 1 is 1.33 bits per heavy atom. The molecule has 24 heavy (non-hydrogen) atoms. The number of aromatic nitrogens is 4. The summed E-state index contributed by atoms with van der Waals surface area (Å²) in [5.41, 5.74) is 0.885. The molecule has 0 bridgehead atoms. The minimum atomic E-state index is -0.486. The normalized spacial score (nSPS) is 11.7. The van der Waals surface area contributed by atoms with Gasteiger partial charge in [-0.25, -0.2) is 9.67 Å². The minimum Gasteiger partial charge on any atom is -0.358 e. The first kappa shape index (κ1) is 16.1. The third kappa shape index (κ3) is 2.76. The summed E-state index contributed by atoms with van der Waals surface area (Å²) in [7, 11) is 0. The fourth-order valence-electron chi connectivity index (χ4n) is 2.30. The molecule has 2 heterocycles. The largest absolute Gasteiger partial charge is 0.358 e. The molecule has 124 valence electrons. The second-order valence-corrected chi connectivity index (χ2v) is 6.63. The monoisotopic (exact) mass is 347 g/mol. The van der Waals surface area contributed by atoms with Crippen LogP contribution in [0, 0.1) is 10.1 Å². The summed E-state index contributed by atoms with van der Waals surface area (Å²) >= 11 is 6.24. The van der Waals surface area contributed by atoms with Crippen molar-refractivity contribution >= 4 is 17.3 Å². The van der Waals surface area contributed by atoms with Crippen molar-refractivity contribution in [2.45, 2.75) is 26.2 Å². The van der Waals surface area contributed by atoms with Crippen LogP contribution < -0.4 is 0 Å². The summed E-state index contributed by atoms with van der Waals surface area (Å²) in [4.78, 5) is 14.5. The van der Waals surface area contributed by atoms with Crippen molar-refractivity contribution in [2.75, 3.05) is 0 Å². The van der Waals surface area contributed by atoms with Gasteiger partial charge in [0.05, 0.1) is 9.95 Å². The zero-order valence-electron chi connectivity index (χ0n) is 13.2. The molecule has 0 aliphatic heterocycles. The number of hydrogen-bond donors (Lipinski definition) is 0. The third-order valence-electron chi connectivity index (χ3n) is 3.41. The number of nitro groups is 1. The lowest BCUT2D eigenvalue weighted by Gasteiger charge is -2.16. The minimum absolute atomic E-state index is 0.0840. The van der Waals surface area contributed by atoms with Gasteiger partial charge < -0.3 is 4.52 Å². The Morgan fingerprint density at radius 3 is 2.67 bits per heavy atom. The van der Waals surface area contributed by atoms with Gasteiger partial charge in [-0.15, -0.1) is 0 Å². The van der Waals surface area contributed by atoms with E-state index in [1.54, 1.807) is 0 Å². The van der Waals surface area contributed by atoms with Crippen molar-refractivity contribution in [3.8, 4) is 16.9 Å². The molecule has 8 nitrogen and oxygen atoms in total. The van der Waals surface area contributed by atoms with E-state index < -0.39 is 4.92 Å². The first-order valence-electron chi connectivity index (χ1n) is 7.08. The van der Waals surface area contributed by atoms with Gasteiger partial charge in [0.25, 0.3) is 5.69 Å². The SMILES string of the molecule is CC(C)(C)c1onc(-c2cc([N+](=O)[O-])ccc2Cl)c1-n1cncn1. The fraction of sp³-hybridized carbons (Fsp3) is 0.267. The molecule has 0 saturated heterocycles. The number of non-ortho nitro benzene ring substituents is 1. The highest BCUT2D eigenvalue weighted by Gasteiger charge is 2.30. The van der Waals surface area contributed by atoms with Crippen molar-refractivity contribution in [2.24, 2.45) is 0 Å². The molecule has 9 heteroatoms. The number of halogens is 1. The maximum absolute atomic E-state index is 11.1. The van der Waals surface area contributed by atoms with Crippen LogP contribution in [0.4, 0.5) is 5.69 Å². The molecule has 1 aromatic carbocycles. The topological polar surface area (TPSA) is 99.9 Å². The first-order chi connectivity index (χ1) is 11.3. The van der Waals surface area contributed by atoms with Gasteiger partial charge in [-0.2, -0.15) is 5.10 Å². The Balaban J connectivity index is 2.29. The number of rotatable bonds is 3. The summed E-state index contributed by atoms with van der Waals surface area (Å²) in [6.45, 7) is 5.90. The van der Waals surface area contributed by atoms with Gasteiger partial charge >= 0.3 is 0 Å². The highest BCUT2D eigenvalue weighted by Crippen LogP contribution is 2.39. The second kappa shape index (κ2) is 5.72. The Bertz CT molecular complexity index is 896. The van der Waals surface area contributed by atoms with E-state index in [2.05, 4.69) is 15.2 Å². The van der Waals surface area contributed by atoms with Crippen LogP contribution in [0.3, 0.4) is 0 Å². The summed E-state index contributed by atoms with van der Waals surface area (Å²) < 4.78 is 7.04. The van der Waals surface area contributed by atoms with Crippen molar-refractivity contribution in [3.05, 3.63) is 51.8 Å². The molecular formula is C15H14ClN5O3. The first-order valence-corrected chi connectivity index (χ1v) is 7.46. The summed E-state index contributed by atoms with van der Waals surface area (Å²) in [6.07, 6.45) is 2.90. The maximum atomic E-state index is 11.1. The molecule has 0 amide bonds. The van der Waals surface area contributed by atoms with Crippen molar-refractivity contribution in [3.63, 3.8) is 0 Å². The zero-order valence-corrected chi connectivity index (χ0v) is 14.0. The second-order valence-electron chi connectivity index (χ2n) is 6.22. The predicted molar refractivity (Wildman–Crippen MR) is 87.2 cm³/mol. The van der Waals surface area contributed by atoms with E-state index in [0.29, 0.717) is 27.7 Å². The Kier molecular flexibility index (Phi) is 3.84. The van der Waals surface area contributed by atoms with Crippen LogP contribution in [0.2, 0.25) is 5.02 Å². The molecule has 0 saturated carbocycles. The van der Waals surface area contributed by atoms with E-state index in [1.165, 1.54) is 35.5 Å². The van der Waals surface area contributed by atoms with Gasteiger partial charge in [0.1, 0.15) is 24.0 Å². The lowest BCUT2D eigenvalue weighted by molar-refractivity contribution is -0.384. The summed E-state index contributed by atoms with van der Waals surface area (Å²) in [6, 6.07) is 4.17. The van der Waals surface area contributed by atoms with Crippen LogP contribution in [-0.4, -0.2) is 24.8 Å². The molecule has 2 aromatic heterocycles. The number of hydrogen-bond acceptors (Lipinski definition) is 6. The lowest BCUT2D eigenvalue weighted by Crippen LogP contribution is -2.14. The molecule has 0 spiro atoms. The average Bonchev–Trinajstić information content (AvgIpc) is 3.15. The fourth-order valence-corrected chi connectivity index (χ4v) is 2.51. The molecule has 0 aliphatic rings. The third-order valence-corrected chi connectivity index (χ3v) is 3.74. The highest BCUT2D eigenvalue weighted by atomic mass is 35.5. The molecular weight excluding hydrogens is 334 g/mol. The average molecular weight is 348 g/mol. The van der Waals surface area contributed by atoms with Gasteiger partial charge in [0.2, 0.25) is 0 Å². The van der Waals surface area contributed by atoms with E-state index in [4.69, 9.17) is 16.1 Å². The molecule has 0 aliphatic carbocycles. The summed E-state index contributed by atoms with van der Waals surface area (Å²) in [5.74, 6) is 0.575. The molecule has 0 fully saturated rings. The predicted octanol–water partition coefficient (Wildman–Crippen LogP) is 3.78. The van der Waals surface area contributed by atoms with Crippen molar-refractivity contribution in [1.29, 1.82) is 0 Å². The van der Waals surface area contributed by atoms with Crippen LogP contribution in [0.1, 0.15) is 26.5 Å². The Labute approximate surface area is 142 Å². The lowest BCUT2D eigenvalue weighted by atomic mass is 9.91. The zero-order chi connectivity index (χ0) is 17.5. The molecule has 0 N–H and O–H groups in total. The Hall–Kier alpha value is -2.74. The highest BCUT2D eigenvalue weighted by molar-refractivity contribution is 6.33. The van der Waals surface area contributed by atoms with Gasteiger partial charge in [-0.05, 0) is 6.07 Å². The smallest absolute Gasteiger partial charge is 0.270 e. The van der Waals surface area contributed by atoms with Gasteiger partial charge in [-0.3, -0.25) is 10.1 Å². The van der Waals surface area contributed by atoms with E-state index in [0.717, 1.165) is 0 Å². The van der Waals surface area contributed by atoms with E-state index in [1.807, 2.05) is 20.8 Å². The summed E-state index contributed by atoms with van der Waals surface area (Å²) in [5, 5.41) is 19.6. The van der Waals surface area contributed by atoms with E-state index in [9.17, 15) is 10.1 Å². The van der Waals surface area contributed by atoms with Gasteiger partial charge in [0.15, 0.2) is 5.76 Å². The number of benzene rings is 1. The molecule has 0 radical (unpaired) electrons. The van der Waals surface area contributed by atoms with Gasteiger partial charge in [-0.1, -0.05) is 37.5 Å². The van der Waals surface area contributed by atoms with Crippen LogP contribution in [0.25, 0.3) is 16.9 Å². The Morgan fingerprint density at radius 2 is 2.08 bits per heavy atom. The number of nitro benzene ring substituents is 1. The van der Waals surface area contributed by atoms with E-state index in [-0.39, 0.29) is 11.1 Å². The maximum Gasteiger partial charge on any atom is 0.270 e. The van der Waals surface area contributed by atoms with Crippen LogP contribution in [0.5, 0.6) is 0 Å². The van der Waals surface area contributed by atoms with Crippen LogP contribution >= 0.6 is 11.6 Å². The molecule has 0 atom stereocenters. The standard InChI is InChI=1S/C15H14ClN5O3/c1-15(2,3)14-13(20-8-17-7-18-20)12(19-24-14)10-6-9(21(22)23)4-5-11(10)16/h4-8H,1-3H3. The van der Waals surface area contributed by atoms with E-state index >= 15 is 0 Å². The van der Waals surface area contributed by atoms with Gasteiger partial charge in [0, 0.05) is 23.1 Å². The molecule has 0 unspecified atom stereocenters. The quantitative estimate of drug-likeness (QED) is 0.528. The van der Waals surface area contributed by atoms with Crippen LogP contribution in [-0.2, 0) is 5.41 Å². The van der Waals surface area contributed by atoms with Crippen molar-refractivity contribution in [1.82, 2.24) is 19.9 Å². The molecule has 3 aromatic rings. The molecule has 3 rings (SSSR count). The van der Waals surface area contributed by atoms with Crippen LogP contribution in [0.15, 0.2) is 35.4 Å². The number of nitrogens with zero attached hydrogens (tertiary/aromatic N) is 5. The van der Waals surface area contributed by atoms with Crippen molar-refractivity contribution < 1.29 is 9.45 Å².